The van der Waals surface area contributed by atoms with Crippen LogP contribution in [-0.4, -0.2) is 82.0 Å². The van der Waals surface area contributed by atoms with E-state index in [1.165, 1.54) is 0 Å². The molecular weight excluding hydrogens is 342 g/mol. The van der Waals surface area contributed by atoms with Gasteiger partial charge in [0, 0.05) is 18.8 Å². The van der Waals surface area contributed by atoms with Gasteiger partial charge in [0.2, 0.25) is 0 Å². The third kappa shape index (κ3) is 4.34. The first-order chi connectivity index (χ1) is 12.5. The smallest absolute Gasteiger partial charge is 0.184 e. The predicted molar refractivity (Wildman–Crippen MR) is 92.5 cm³/mol. The highest BCUT2D eigenvalue weighted by Gasteiger charge is 2.44. The van der Waals surface area contributed by atoms with Gasteiger partial charge in [-0.2, -0.15) is 0 Å². The normalized spacial score (nSPS) is 33.4. The Kier molecular flexibility index (Phi) is 6.46. The molecule has 0 radical (unpaired) electrons. The van der Waals surface area contributed by atoms with Crippen molar-refractivity contribution in [3.63, 3.8) is 0 Å². The van der Waals surface area contributed by atoms with Crippen molar-refractivity contribution in [3.8, 4) is 0 Å². The minimum atomic E-state index is -1.43. The summed E-state index contributed by atoms with van der Waals surface area (Å²) in [4.78, 5) is 2.21. The number of anilines is 1. The van der Waals surface area contributed by atoms with Crippen molar-refractivity contribution in [3.05, 3.63) is 29.8 Å². The van der Waals surface area contributed by atoms with Gasteiger partial charge in [0.15, 0.2) is 6.29 Å². The van der Waals surface area contributed by atoms with Crippen LogP contribution in [0.2, 0.25) is 0 Å². The van der Waals surface area contributed by atoms with Gasteiger partial charge in [-0.05, 0) is 30.5 Å². The minimum Gasteiger partial charge on any atom is -0.394 e. The maximum atomic E-state index is 10.1. The Balaban J connectivity index is 1.54. The number of piperidine rings is 1. The van der Waals surface area contributed by atoms with Gasteiger partial charge >= 0.3 is 0 Å². The quantitative estimate of drug-likeness (QED) is 0.446. The lowest BCUT2D eigenvalue weighted by molar-refractivity contribution is -0.298. The fourth-order valence-electron chi connectivity index (χ4n) is 3.37. The van der Waals surface area contributed by atoms with Crippen LogP contribution < -0.4 is 4.90 Å². The lowest BCUT2D eigenvalue weighted by Gasteiger charge is -2.39. The molecule has 146 valence electrons. The molecule has 2 heterocycles. The van der Waals surface area contributed by atoms with Crippen molar-refractivity contribution in [2.45, 2.75) is 56.3 Å². The Morgan fingerprint density at radius 2 is 1.65 bits per heavy atom. The molecule has 0 amide bonds. The van der Waals surface area contributed by atoms with Crippen LogP contribution in [0.5, 0.6) is 0 Å². The van der Waals surface area contributed by atoms with Gasteiger partial charge in [-0.15, -0.1) is 0 Å². The van der Waals surface area contributed by atoms with E-state index >= 15 is 0 Å². The average molecular weight is 369 g/mol. The summed E-state index contributed by atoms with van der Waals surface area (Å²) in [5.74, 6) is 0. The van der Waals surface area contributed by atoms with E-state index in [4.69, 9.17) is 14.6 Å². The molecule has 5 N–H and O–H groups in total. The van der Waals surface area contributed by atoms with Gasteiger partial charge in [0.05, 0.1) is 19.3 Å². The van der Waals surface area contributed by atoms with E-state index in [1.807, 2.05) is 24.3 Å². The lowest BCUT2D eigenvalue weighted by atomic mass is 9.99. The van der Waals surface area contributed by atoms with Crippen LogP contribution in [0.15, 0.2) is 24.3 Å². The van der Waals surface area contributed by atoms with Crippen molar-refractivity contribution in [2.24, 2.45) is 0 Å². The first-order valence-electron chi connectivity index (χ1n) is 8.93. The molecule has 2 aliphatic heterocycles. The number of hydrogen-bond donors (Lipinski definition) is 5. The number of aliphatic hydroxyl groups excluding tert-OH is 5. The van der Waals surface area contributed by atoms with Crippen LogP contribution in [-0.2, 0) is 16.1 Å². The summed E-state index contributed by atoms with van der Waals surface area (Å²) >= 11 is 0. The van der Waals surface area contributed by atoms with E-state index in [1.54, 1.807) is 0 Å². The van der Waals surface area contributed by atoms with E-state index in [9.17, 15) is 20.4 Å². The zero-order valence-corrected chi connectivity index (χ0v) is 14.5. The molecular formula is C18H27NO7. The summed E-state index contributed by atoms with van der Waals surface area (Å²) in [7, 11) is 0. The molecule has 1 aromatic rings. The lowest BCUT2D eigenvalue weighted by Crippen LogP contribution is -2.59. The van der Waals surface area contributed by atoms with Crippen LogP contribution in [0.1, 0.15) is 18.4 Å². The van der Waals surface area contributed by atoms with Gasteiger partial charge in [-0.25, -0.2) is 0 Å². The second-order valence-electron chi connectivity index (χ2n) is 6.89. The topological polar surface area (TPSA) is 123 Å². The van der Waals surface area contributed by atoms with Crippen molar-refractivity contribution in [1.82, 2.24) is 0 Å². The minimum absolute atomic E-state index is 0.137. The second kappa shape index (κ2) is 8.62. The Morgan fingerprint density at radius 1 is 1.00 bits per heavy atom. The van der Waals surface area contributed by atoms with E-state index in [-0.39, 0.29) is 12.7 Å². The van der Waals surface area contributed by atoms with E-state index in [0.29, 0.717) is 0 Å². The van der Waals surface area contributed by atoms with Crippen molar-refractivity contribution >= 4 is 5.69 Å². The fourth-order valence-corrected chi connectivity index (χ4v) is 3.37. The number of nitrogens with zero attached hydrogens (tertiary/aromatic N) is 1. The molecule has 2 aliphatic rings. The first-order valence-corrected chi connectivity index (χ1v) is 8.93. The number of ether oxygens (including phenoxy) is 2. The molecule has 0 spiro atoms. The second-order valence-corrected chi connectivity index (χ2v) is 6.89. The molecule has 5 atom stereocenters. The van der Waals surface area contributed by atoms with Crippen LogP contribution in [0.25, 0.3) is 0 Å². The van der Waals surface area contributed by atoms with Crippen LogP contribution >= 0.6 is 0 Å². The monoisotopic (exact) mass is 369 g/mol. The molecule has 8 nitrogen and oxygen atoms in total. The maximum Gasteiger partial charge on any atom is 0.184 e. The Hall–Kier alpha value is -1.26. The molecule has 2 fully saturated rings. The third-order valence-electron chi connectivity index (χ3n) is 5.05. The Morgan fingerprint density at radius 3 is 2.27 bits per heavy atom. The zero-order valence-electron chi connectivity index (χ0n) is 14.5. The highest BCUT2D eigenvalue weighted by molar-refractivity contribution is 5.47. The maximum absolute atomic E-state index is 10.1. The van der Waals surface area contributed by atoms with Crippen molar-refractivity contribution < 1.29 is 35.0 Å². The molecule has 2 saturated heterocycles. The van der Waals surface area contributed by atoms with Crippen LogP contribution in [0.3, 0.4) is 0 Å². The van der Waals surface area contributed by atoms with E-state index in [0.717, 1.165) is 37.2 Å². The number of aliphatic hydroxyl groups is 5. The molecule has 0 aliphatic carbocycles. The third-order valence-corrected chi connectivity index (χ3v) is 5.05. The highest BCUT2D eigenvalue weighted by Crippen LogP contribution is 2.24. The first kappa shape index (κ1) is 19.5. The standard InChI is InChI=1S/C18H27NO7/c20-9-14-15(22)16(23)17(18(24)26-14)25-10-11-1-3-12(4-2-11)19-7-5-13(21)6-8-19/h1-4,13-18,20-24H,5-10H2/t14-,15-,16+,17-,18?/m1/s1. The number of rotatable bonds is 5. The summed E-state index contributed by atoms with van der Waals surface area (Å²) in [5.41, 5.74) is 1.92. The summed E-state index contributed by atoms with van der Waals surface area (Å²) < 4.78 is 10.6. The number of hydrogen-bond acceptors (Lipinski definition) is 8. The summed E-state index contributed by atoms with van der Waals surface area (Å²) in [6, 6.07) is 7.74. The summed E-state index contributed by atoms with van der Waals surface area (Å²) in [5, 5.41) is 48.5. The SMILES string of the molecule is OC[C@H]1OC(O)[C@H](OCc2ccc(N3CCC(O)CC3)cc2)[C@@H](O)[C@@H]1O. The molecule has 0 bridgehead atoms. The van der Waals surface area contributed by atoms with Gasteiger partial charge in [-0.3, -0.25) is 0 Å². The predicted octanol–water partition coefficient (Wildman–Crippen LogP) is -1.04. The van der Waals surface area contributed by atoms with Gasteiger partial charge in [0.1, 0.15) is 24.4 Å². The molecule has 0 aromatic heterocycles. The molecule has 26 heavy (non-hydrogen) atoms. The largest absolute Gasteiger partial charge is 0.394 e. The summed E-state index contributed by atoms with van der Waals surface area (Å²) in [6.07, 6.45) is -4.93. The average Bonchev–Trinajstić information content (AvgIpc) is 2.66. The molecule has 0 saturated carbocycles. The molecule has 1 unspecified atom stereocenters. The van der Waals surface area contributed by atoms with Crippen molar-refractivity contribution in [1.29, 1.82) is 0 Å². The van der Waals surface area contributed by atoms with Gasteiger partial charge < -0.3 is 39.9 Å². The number of benzene rings is 1. The molecule has 3 rings (SSSR count). The molecule has 1 aromatic carbocycles. The Bertz CT molecular complexity index is 561. The fraction of sp³-hybridized carbons (Fsp3) is 0.667. The van der Waals surface area contributed by atoms with Crippen molar-refractivity contribution in [2.75, 3.05) is 24.6 Å². The highest BCUT2D eigenvalue weighted by atomic mass is 16.7. The van der Waals surface area contributed by atoms with Gasteiger partial charge in [0.25, 0.3) is 0 Å². The van der Waals surface area contributed by atoms with E-state index in [2.05, 4.69) is 4.90 Å². The van der Waals surface area contributed by atoms with Crippen LogP contribution in [0, 0.1) is 0 Å². The Labute approximate surface area is 152 Å². The summed E-state index contributed by atoms with van der Waals surface area (Å²) in [6.45, 7) is 1.27. The van der Waals surface area contributed by atoms with Gasteiger partial charge in [-0.1, -0.05) is 12.1 Å². The zero-order chi connectivity index (χ0) is 18.7. The molecule has 8 heteroatoms. The van der Waals surface area contributed by atoms with Crippen LogP contribution in [0.4, 0.5) is 5.69 Å². The van der Waals surface area contributed by atoms with E-state index < -0.39 is 37.3 Å².